The van der Waals surface area contributed by atoms with Gasteiger partial charge in [-0.3, -0.25) is 19.3 Å². The van der Waals surface area contributed by atoms with E-state index < -0.39 is 17.7 Å². The van der Waals surface area contributed by atoms with E-state index in [0.717, 1.165) is 9.37 Å². The van der Waals surface area contributed by atoms with Crippen LogP contribution in [0, 0.1) is 11.8 Å². The summed E-state index contributed by atoms with van der Waals surface area (Å²) in [4.78, 5) is 37.3. The molecule has 0 aliphatic carbocycles. The summed E-state index contributed by atoms with van der Waals surface area (Å²) >= 11 is 3.35. The molecule has 0 aromatic heterocycles. The number of hydrogen-bond donors (Lipinski definition) is 1. The molecule has 0 spiro atoms. The molecule has 3 rings (SSSR count). The first-order chi connectivity index (χ1) is 13.1. The summed E-state index contributed by atoms with van der Waals surface area (Å²) in [7, 11) is 0. The van der Waals surface area contributed by atoms with Gasteiger partial charge >= 0.3 is 0 Å². The van der Waals surface area contributed by atoms with Gasteiger partial charge in [0.25, 0.3) is 11.8 Å². The van der Waals surface area contributed by atoms with E-state index in [1.165, 1.54) is 0 Å². The van der Waals surface area contributed by atoms with Gasteiger partial charge < -0.3 is 10.1 Å². The predicted octanol–water partition coefficient (Wildman–Crippen LogP) is 2.24. The van der Waals surface area contributed by atoms with Gasteiger partial charge in [0, 0.05) is 4.47 Å². The smallest absolute Gasteiger partial charge is 0.262 e. The van der Waals surface area contributed by atoms with Crippen molar-refractivity contribution in [3.05, 3.63) is 64.1 Å². The Balaban J connectivity index is 1.43. The molecule has 1 N–H and O–H groups in total. The Morgan fingerprint density at radius 3 is 2.41 bits per heavy atom. The van der Waals surface area contributed by atoms with Crippen molar-refractivity contribution in [3.8, 4) is 17.6 Å². The van der Waals surface area contributed by atoms with Crippen molar-refractivity contribution < 1.29 is 19.1 Å². The zero-order valence-electron chi connectivity index (χ0n) is 14.2. The highest BCUT2D eigenvalue weighted by atomic mass is 79.9. The van der Waals surface area contributed by atoms with Crippen LogP contribution < -0.4 is 10.1 Å². The lowest BCUT2D eigenvalue weighted by atomic mass is 10.1. The monoisotopic (exact) mass is 426 g/mol. The van der Waals surface area contributed by atoms with Crippen molar-refractivity contribution in [1.82, 2.24) is 10.2 Å². The Kier molecular flexibility index (Phi) is 5.89. The fourth-order valence-electron chi connectivity index (χ4n) is 2.51. The number of carbonyl (C=O) groups excluding carboxylic acids is 3. The number of hydrogen-bond acceptors (Lipinski definition) is 4. The van der Waals surface area contributed by atoms with Crippen molar-refractivity contribution in [2.45, 2.75) is 0 Å². The topological polar surface area (TPSA) is 75.7 Å². The van der Waals surface area contributed by atoms with Crippen LogP contribution in [0.4, 0.5) is 0 Å². The number of imide groups is 1. The fourth-order valence-corrected chi connectivity index (χ4v) is 2.89. The minimum atomic E-state index is -0.459. The molecule has 27 heavy (non-hydrogen) atoms. The van der Waals surface area contributed by atoms with Crippen molar-refractivity contribution >= 4 is 33.7 Å². The van der Waals surface area contributed by atoms with E-state index in [-0.39, 0.29) is 19.7 Å². The molecule has 0 saturated heterocycles. The van der Waals surface area contributed by atoms with Crippen LogP contribution in [0.25, 0.3) is 0 Å². The van der Waals surface area contributed by atoms with Gasteiger partial charge in [-0.2, -0.15) is 0 Å². The van der Waals surface area contributed by atoms with Gasteiger partial charge in [0.15, 0.2) is 0 Å². The number of carbonyl (C=O) groups is 3. The normalized spacial score (nSPS) is 12.3. The number of nitrogens with one attached hydrogen (secondary N) is 1. The number of fused-ring (bicyclic) bond motifs is 1. The number of amides is 3. The zero-order chi connectivity index (χ0) is 19.2. The van der Waals surface area contributed by atoms with Crippen LogP contribution in [0.2, 0.25) is 0 Å². The largest absolute Gasteiger partial charge is 0.481 e. The molecule has 136 valence electrons. The third kappa shape index (κ3) is 4.54. The van der Waals surface area contributed by atoms with Crippen molar-refractivity contribution in [2.75, 3.05) is 19.7 Å². The Bertz CT molecular complexity index is 927. The first-order valence-electron chi connectivity index (χ1n) is 8.12. The number of nitrogens with zero attached hydrogens (tertiary/aromatic N) is 1. The lowest BCUT2D eigenvalue weighted by Gasteiger charge is -2.12. The minimum absolute atomic E-state index is 0.101. The van der Waals surface area contributed by atoms with Gasteiger partial charge in [-0.05, 0) is 30.3 Å². The molecule has 0 fully saturated rings. The maximum absolute atomic E-state index is 12.2. The Morgan fingerprint density at radius 1 is 1.04 bits per heavy atom. The second kappa shape index (κ2) is 8.52. The van der Waals surface area contributed by atoms with E-state index >= 15 is 0 Å². The molecule has 0 bridgehead atoms. The molecule has 1 aliphatic heterocycles. The third-order valence-corrected chi connectivity index (χ3v) is 4.28. The summed E-state index contributed by atoms with van der Waals surface area (Å²) in [6, 6.07) is 13.9. The number of halogens is 1. The minimum Gasteiger partial charge on any atom is -0.481 e. The van der Waals surface area contributed by atoms with Crippen LogP contribution in [-0.4, -0.2) is 42.3 Å². The van der Waals surface area contributed by atoms with Crippen LogP contribution in [0.5, 0.6) is 5.75 Å². The summed E-state index contributed by atoms with van der Waals surface area (Å²) in [6.45, 7) is -0.0445. The van der Waals surface area contributed by atoms with Gasteiger partial charge in [0.05, 0.1) is 17.7 Å². The van der Waals surface area contributed by atoms with Crippen molar-refractivity contribution in [1.29, 1.82) is 0 Å². The number of rotatable bonds is 5. The Morgan fingerprint density at radius 2 is 1.74 bits per heavy atom. The maximum Gasteiger partial charge on any atom is 0.262 e. The Labute approximate surface area is 164 Å². The summed E-state index contributed by atoms with van der Waals surface area (Å²) < 4.78 is 6.36. The molecule has 3 amide bonds. The molecular formula is C20H15BrN2O4. The zero-order valence-corrected chi connectivity index (χ0v) is 15.8. The van der Waals surface area contributed by atoms with Gasteiger partial charge in [-0.1, -0.05) is 46.0 Å². The average molecular weight is 427 g/mol. The van der Waals surface area contributed by atoms with Gasteiger partial charge in [0.2, 0.25) is 5.91 Å². The molecular weight excluding hydrogens is 412 g/mol. The summed E-state index contributed by atoms with van der Waals surface area (Å²) in [6.07, 6.45) is 0. The van der Waals surface area contributed by atoms with E-state index in [1.54, 1.807) is 24.3 Å². The van der Waals surface area contributed by atoms with Gasteiger partial charge in [-0.15, -0.1) is 0 Å². The number of benzene rings is 2. The Hall–Kier alpha value is -3.11. The predicted molar refractivity (Wildman–Crippen MR) is 102 cm³/mol. The lowest BCUT2D eigenvalue weighted by Crippen LogP contribution is -2.40. The summed E-state index contributed by atoms with van der Waals surface area (Å²) in [5.41, 5.74) is 0.638. The van der Waals surface area contributed by atoms with Crippen molar-refractivity contribution in [3.63, 3.8) is 0 Å². The van der Waals surface area contributed by atoms with Crippen LogP contribution in [0.15, 0.2) is 53.0 Å². The van der Waals surface area contributed by atoms with Crippen LogP contribution in [0.1, 0.15) is 20.7 Å². The van der Waals surface area contributed by atoms with Gasteiger partial charge in [-0.25, -0.2) is 0 Å². The summed E-state index contributed by atoms with van der Waals surface area (Å²) in [5, 5.41) is 2.56. The van der Waals surface area contributed by atoms with Crippen LogP contribution in [-0.2, 0) is 4.79 Å². The van der Waals surface area contributed by atoms with Crippen LogP contribution >= 0.6 is 15.9 Å². The van der Waals surface area contributed by atoms with Gasteiger partial charge in [0.1, 0.15) is 18.9 Å². The molecule has 2 aromatic carbocycles. The third-order valence-electron chi connectivity index (χ3n) is 3.79. The van der Waals surface area contributed by atoms with Crippen molar-refractivity contribution in [2.24, 2.45) is 0 Å². The fraction of sp³-hybridized carbons (Fsp3) is 0.150. The molecule has 2 aromatic rings. The second-order valence-corrected chi connectivity index (χ2v) is 6.53. The summed E-state index contributed by atoms with van der Waals surface area (Å²) in [5.74, 6) is 4.86. The first kappa shape index (κ1) is 18.7. The van der Waals surface area contributed by atoms with E-state index in [0.29, 0.717) is 16.9 Å². The molecule has 1 heterocycles. The van der Waals surface area contributed by atoms with E-state index in [2.05, 4.69) is 33.1 Å². The second-order valence-electron chi connectivity index (χ2n) is 5.62. The standard InChI is InChI=1S/C20H15BrN2O4/c21-14-6-5-7-15(12-14)27-11-4-3-10-22-18(24)13-23-19(25)16-8-1-2-9-17(16)20(23)26/h1-2,5-9,12H,10-11,13H2,(H,22,24). The SMILES string of the molecule is O=C(CN1C(=O)c2ccccc2C1=O)NCC#CCOc1cccc(Br)c1. The highest BCUT2D eigenvalue weighted by Crippen LogP contribution is 2.21. The van der Waals surface area contributed by atoms with E-state index in [9.17, 15) is 14.4 Å². The first-order valence-corrected chi connectivity index (χ1v) is 8.91. The van der Waals surface area contributed by atoms with Crippen LogP contribution in [0.3, 0.4) is 0 Å². The highest BCUT2D eigenvalue weighted by Gasteiger charge is 2.36. The molecule has 1 aliphatic rings. The maximum atomic E-state index is 12.2. The van der Waals surface area contributed by atoms with E-state index in [1.807, 2.05) is 24.3 Å². The highest BCUT2D eigenvalue weighted by molar-refractivity contribution is 9.10. The molecule has 7 heteroatoms. The molecule has 0 unspecified atom stereocenters. The van der Waals surface area contributed by atoms with E-state index in [4.69, 9.17) is 4.74 Å². The molecule has 6 nitrogen and oxygen atoms in total. The number of ether oxygens (including phenoxy) is 1. The molecule has 0 radical (unpaired) electrons. The average Bonchev–Trinajstić information content (AvgIpc) is 2.90. The lowest BCUT2D eigenvalue weighted by molar-refractivity contribution is -0.121. The molecule has 0 atom stereocenters. The quantitative estimate of drug-likeness (QED) is 0.587. The molecule has 0 saturated carbocycles.